The molecule has 0 fully saturated rings. The van der Waals surface area contributed by atoms with E-state index in [-0.39, 0.29) is 16.7 Å². The largest absolute Gasteiger partial charge is 0.451 e. The highest BCUT2D eigenvalue weighted by Crippen LogP contribution is 2.37. The molecule has 0 radical (unpaired) electrons. The van der Waals surface area contributed by atoms with E-state index in [4.69, 9.17) is 9.16 Å². The molecule has 158 valence electrons. The summed E-state index contributed by atoms with van der Waals surface area (Å²) in [6.07, 6.45) is -1.79. The molecule has 28 heavy (non-hydrogen) atoms. The van der Waals surface area contributed by atoms with E-state index in [0.29, 0.717) is 12.2 Å². The number of ether oxygens (including phenoxy) is 1. The number of ketones is 1. The molecular formula is C22H36O5Si. The van der Waals surface area contributed by atoms with Gasteiger partial charge in [0.25, 0.3) is 0 Å². The Kier molecular flexibility index (Phi) is 8.59. The molecule has 5 nitrogen and oxygen atoms in total. The van der Waals surface area contributed by atoms with E-state index in [1.54, 1.807) is 44.2 Å². The van der Waals surface area contributed by atoms with Crippen LogP contribution in [0, 0.1) is 11.8 Å². The van der Waals surface area contributed by atoms with Gasteiger partial charge in [-0.2, -0.15) is 0 Å². The molecule has 0 unspecified atom stereocenters. The molecule has 1 N–H and O–H groups in total. The van der Waals surface area contributed by atoms with Crippen LogP contribution >= 0.6 is 0 Å². The van der Waals surface area contributed by atoms with E-state index in [1.165, 1.54) is 0 Å². The predicted molar refractivity (Wildman–Crippen MR) is 114 cm³/mol. The molecule has 0 heterocycles. The van der Waals surface area contributed by atoms with Crippen LogP contribution < -0.4 is 0 Å². The second-order valence-electron chi connectivity index (χ2n) is 9.14. The van der Waals surface area contributed by atoms with Crippen molar-refractivity contribution in [1.82, 2.24) is 0 Å². The standard InChI is InChI=1S/C22H36O5Si/c1-15(14-26-28(7,8)22(4,5)6)19(23)16(2)20(24)17(3)27-21(25)18-12-10-9-11-13-18/h9-13,15-17,19,23H,14H2,1-8H3/t15-,16+,17-,19+/m0/s1. The van der Waals surface area contributed by atoms with Gasteiger partial charge in [0.1, 0.15) is 0 Å². The van der Waals surface area contributed by atoms with Crippen molar-refractivity contribution in [2.24, 2.45) is 11.8 Å². The van der Waals surface area contributed by atoms with Crippen molar-refractivity contribution in [2.45, 2.75) is 71.9 Å². The number of Topliss-reactive ketones (excluding diaryl/α,β-unsaturated/α-hetero) is 1. The zero-order valence-corrected chi connectivity index (χ0v) is 19.5. The Bertz CT molecular complexity index is 651. The molecule has 0 aliphatic heterocycles. The maximum absolute atomic E-state index is 12.6. The molecule has 0 aliphatic carbocycles. The summed E-state index contributed by atoms with van der Waals surface area (Å²) < 4.78 is 11.5. The van der Waals surface area contributed by atoms with Gasteiger partial charge in [-0.25, -0.2) is 4.79 Å². The molecule has 0 saturated heterocycles. The van der Waals surface area contributed by atoms with E-state index in [1.807, 2.05) is 6.92 Å². The summed E-state index contributed by atoms with van der Waals surface area (Å²) in [5.74, 6) is -1.70. The molecule has 1 aromatic rings. The monoisotopic (exact) mass is 408 g/mol. The van der Waals surface area contributed by atoms with Gasteiger partial charge in [-0.15, -0.1) is 0 Å². The quantitative estimate of drug-likeness (QED) is 0.482. The van der Waals surface area contributed by atoms with Gasteiger partial charge in [0.15, 0.2) is 20.2 Å². The van der Waals surface area contributed by atoms with E-state index in [2.05, 4.69) is 33.9 Å². The lowest BCUT2D eigenvalue weighted by molar-refractivity contribution is -0.135. The number of aliphatic hydroxyl groups excluding tert-OH is 1. The van der Waals surface area contributed by atoms with Crippen LogP contribution in [0.15, 0.2) is 30.3 Å². The van der Waals surface area contributed by atoms with E-state index in [9.17, 15) is 14.7 Å². The minimum Gasteiger partial charge on any atom is -0.451 e. The fraction of sp³-hybridized carbons (Fsp3) is 0.636. The average Bonchev–Trinajstić information content (AvgIpc) is 2.63. The van der Waals surface area contributed by atoms with Crippen LogP contribution in [0.4, 0.5) is 0 Å². The van der Waals surface area contributed by atoms with Crippen molar-refractivity contribution in [2.75, 3.05) is 6.61 Å². The minimum absolute atomic E-state index is 0.0826. The van der Waals surface area contributed by atoms with Crippen molar-refractivity contribution < 1.29 is 23.9 Å². The Morgan fingerprint density at radius 3 is 2.11 bits per heavy atom. The second-order valence-corrected chi connectivity index (χ2v) is 14.0. The summed E-state index contributed by atoms with van der Waals surface area (Å²) in [6, 6.07) is 8.55. The van der Waals surface area contributed by atoms with Gasteiger partial charge in [-0.3, -0.25) is 4.79 Å². The van der Waals surface area contributed by atoms with E-state index in [0.717, 1.165) is 0 Å². The van der Waals surface area contributed by atoms with Gasteiger partial charge in [0.2, 0.25) is 0 Å². The van der Waals surface area contributed by atoms with Gasteiger partial charge in [0.05, 0.1) is 11.7 Å². The van der Waals surface area contributed by atoms with Crippen LogP contribution in [-0.4, -0.2) is 44.0 Å². The molecular weight excluding hydrogens is 372 g/mol. The van der Waals surface area contributed by atoms with Crippen LogP contribution in [0.1, 0.15) is 51.9 Å². The van der Waals surface area contributed by atoms with Gasteiger partial charge < -0.3 is 14.3 Å². The van der Waals surface area contributed by atoms with Crippen molar-refractivity contribution in [3.8, 4) is 0 Å². The molecule has 0 bridgehead atoms. The minimum atomic E-state index is -1.92. The predicted octanol–water partition coefficient (Wildman–Crippen LogP) is 4.46. The number of esters is 1. The van der Waals surface area contributed by atoms with Crippen LogP contribution in [0.3, 0.4) is 0 Å². The first kappa shape index (κ1) is 24.5. The lowest BCUT2D eigenvalue weighted by atomic mass is 9.89. The normalized spacial score (nSPS) is 16.8. The third-order valence-corrected chi connectivity index (χ3v) is 10.3. The summed E-state index contributed by atoms with van der Waals surface area (Å²) in [6.45, 7) is 16.3. The molecule has 1 rings (SSSR count). The Morgan fingerprint density at radius 2 is 1.61 bits per heavy atom. The summed E-state index contributed by atoms with van der Waals surface area (Å²) in [5.41, 5.74) is 0.395. The Labute approximate surface area is 170 Å². The lowest BCUT2D eigenvalue weighted by Gasteiger charge is -2.37. The van der Waals surface area contributed by atoms with Gasteiger partial charge in [-0.1, -0.05) is 52.8 Å². The van der Waals surface area contributed by atoms with Crippen molar-refractivity contribution in [1.29, 1.82) is 0 Å². The zero-order chi connectivity index (χ0) is 21.7. The van der Waals surface area contributed by atoms with Crippen molar-refractivity contribution in [3.63, 3.8) is 0 Å². The van der Waals surface area contributed by atoms with Gasteiger partial charge in [0, 0.05) is 18.4 Å². The Balaban J connectivity index is 2.64. The summed E-state index contributed by atoms with van der Waals surface area (Å²) in [7, 11) is -1.92. The fourth-order valence-corrected chi connectivity index (χ4v) is 3.66. The molecule has 4 atom stereocenters. The van der Waals surface area contributed by atoms with E-state index >= 15 is 0 Å². The number of hydrogen-bond donors (Lipinski definition) is 1. The summed E-state index contributed by atoms with van der Waals surface area (Å²) in [4.78, 5) is 24.8. The van der Waals surface area contributed by atoms with Crippen molar-refractivity contribution in [3.05, 3.63) is 35.9 Å². The van der Waals surface area contributed by atoms with Gasteiger partial charge in [-0.05, 0) is 37.2 Å². The second kappa shape index (κ2) is 9.81. The topological polar surface area (TPSA) is 72.8 Å². The number of rotatable bonds is 9. The highest BCUT2D eigenvalue weighted by molar-refractivity contribution is 6.74. The Hall–Kier alpha value is -1.50. The SMILES string of the molecule is C[C@H](OC(=O)c1ccccc1)C(=O)[C@H](C)[C@H](O)[C@@H](C)CO[Si](C)(C)C(C)(C)C. The van der Waals surface area contributed by atoms with E-state index < -0.39 is 32.4 Å². The molecule has 0 amide bonds. The fourth-order valence-electron chi connectivity index (χ4n) is 2.55. The molecule has 6 heteroatoms. The van der Waals surface area contributed by atoms with Crippen LogP contribution in [0.2, 0.25) is 18.1 Å². The lowest BCUT2D eigenvalue weighted by Crippen LogP contribution is -2.44. The number of carbonyl (C=O) groups is 2. The third kappa shape index (κ3) is 6.53. The molecule has 0 saturated carbocycles. The number of aliphatic hydroxyl groups is 1. The smallest absolute Gasteiger partial charge is 0.338 e. The highest BCUT2D eigenvalue weighted by atomic mass is 28.4. The maximum atomic E-state index is 12.6. The van der Waals surface area contributed by atoms with Crippen molar-refractivity contribution >= 4 is 20.1 Å². The first-order chi connectivity index (χ1) is 12.8. The summed E-state index contributed by atoms with van der Waals surface area (Å²) in [5, 5.41) is 10.7. The number of benzene rings is 1. The van der Waals surface area contributed by atoms with Crippen LogP contribution in [0.25, 0.3) is 0 Å². The molecule has 1 aromatic carbocycles. The first-order valence-electron chi connectivity index (χ1n) is 9.89. The summed E-state index contributed by atoms with van der Waals surface area (Å²) >= 11 is 0. The number of carbonyl (C=O) groups excluding carboxylic acids is 2. The molecule has 0 aliphatic rings. The molecule has 0 aromatic heterocycles. The highest BCUT2D eigenvalue weighted by Gasteiger charge is 2.38. The van der Waals surface area contributed by atoms with Crippen LogP contribution in [-0.2, 0) is 14.0 Å². The average molecular weight is 409 g/mol. The number of hydrogen-bond acceptors (Lipinski definition) is 5. The third-order valence-electron chi connectivity index (χ3n) is 5.75. The first-order valence-corrected chi connectivity index (χ1v) is 12.8. The van der Waals surface area contributed by atoms with Crippen LogP contribution in [0.5, 0.6) is 0 Å². The molecule has 0 spiro atoms. The Morgan fingerprint density at radius 1 is 1.07 bits per heavy atom. The maximum Gasteiger partial charge on any atom is 0.338 e. The van der Waals surface area contributed by atoms with Gasteiger partial charge >= 0.3 is 5.97 Å². The zero-order valence-electron chi connectivity index (χ0n) is 18.5.